The molecule has 1 atom stereocenters. The summed E-state index contributed by atoms with van der Waals surface area (Å²) in [5, 5.41) is 9.84. The summed E-state index contributed by atoms with van der Waals surface area (Å²) >= 11 is 7.36. The van der Waals surface area contributed by atoms with Gasteiger partial charge in [-0.1, -0.05) is 29.8 Å². The third kappa shape index (κ3) is 3.36. The van der Waals surface area contributed by atoms with Gasteiger partial charge >= 0.3 is 0 Å². The Morgan fingerprint density at radius 2 is 2.00 bits per heavy atom. The fraction of sp³-hybridized carbons (Fsp3) is 0.438. The second-order valence-electron chi connectivity index (χ2n) is 5.49. The van der Waals surface area contributed by atoms with Crippen molar-refractivity contribution in [3.63, 3.8) is 0 Å². The Hall–Kier alpha value is -1.33. The molecule has 1 aromatic carbocycles. The van der Waals surface area contributed by atoms with Crippen molar-refractivity contribution in [1.29, 1.82) is 0 Å². The number of ketones is 1. The van der Waals surface area contributed by atoms with Gasteiger partial charge in [-0.3, -0.25) is 4.79 Å². The lowest BCUT2D eigenvalue weighted by molar-refractivity contribution is 0.0994. The Morgan fingerprint density at radius 1 is 1.23 bits per heavy atom. The zero-order valence-electron chi connectivity index (χ0n) is 12.5. The normalized spacial score (nSPS) is 15.9. The molecule has 1 aromatic heterocycles. The Morgan fingerprint density at radius 3 is 2.77 bits per heavy atom. The van der Waals surface area contributed by atoms with Crippen LogP contribution in [0.25, 0.3) is 0 Å². The third-order valence-electron chi connectivity index (χ3n) is 3.86. The molecule has 1 aliphatic rings. The third-order valence-corrected chi connectivity index (χ3v) is 5.19. The van der Waals surface area contributed by atoms with Gasteiger partial charge in [0.25, 0.3) is 0 Å². The summed E-state index contributed by atoms with van der Waals surface area (Å²) in [6.45, 7) is 2.87. The average molecular weight is 336 g/mol. The van der Waals surface area contributed by atoms with E-state index >= 15 is 0 Å². The highest BCUT2D eigenvalue weighted by Crippen LogP contribution is 2.27. The molecule has 1 aliphatic heterocycles. The number of rotatable bonds is 4. The van der Waals surface area contributed by atoms with Crippen LogP contribution in [0.15, 0.2) is 29.4 Å². The van der Waals surface area contributed by atoms with Crippen molar-refractivity contribution in [2.45, 2.75) is 49.6 Å². The summed E-state index contributed by atoms with van der Waals surface area (Å²) in [7, 11) is 0. The van der Waals surface area contributed by atoms with Gasteiger partial charge in [-0.25, -0.2) is 0 Å². The first-order valence-corrected chi connectivity index (χ1v) is 8.79. The quantitative estimate of drug-likeness (QED) is 0.625. The van der Waals surface area contributed by atoms with Crippen molar-refractivity contribution in [3.8, 4) is 0 Å². The lowest BCUT2D eigenvalue weighted by atomic mass is 10.1. The van der Waals surface area contributed by atoms with E-state index in [0.29, 0.717) is 10.6 Å². The summed E-state index contributed by atoms with van der Waals surface area (Å²) < 4.78 is 2.17. The molecule has 0 amide bonds. The Bertz CT molecular complexity index is 669. The van der Waals surface area contributed by atoms with Gasteiger partial charge in [0.05, 0.1) is 5.25 Å². The number of fused-ring (bicyclic) bond motifs is 1. The van der Waals surface area contributed by atoms with E-state index in [0.717, 1.165) is 30.4 Å². The summed E-state index contributed by atoms with van der Waals surface area (Å²) in [6.07, 6.45) is 4.53. The summed E-state index contributed by atoms with van der Waals surface area (Å²) in [5.41, 5.74) is 0.681. The average Bonchev–Trinajstić information content (AvgIpc) is 2.75. The molecule has 0 bridgehead atoms. The van der Waals surface area contributed by atoms with E-state index in [1.54, 1.807) is 24.3 Å². The van der Waals surface area contributed by atoms with Crippen molar-refractivity contribution in [2.24, 2.45) is 0 Å². The van der Waals surface area contributed by atoms with Crippen molar-refractivity contribution in [1.82, 2.24) is 14.8 Å². The van der Waals surface area contributed by atoms with Crippen molar-refractivity contribution < 1.29 is 4.79 Å². The molecule has 116 valence electrons. The number of halogens is 1. The highest BCUT2D eigenvalue weighted by atomic mass is 35.5. The van der Waals surface area contributed by atoms with E-state index in [4.69, 9.17) is 11.6 Å². The molecule has 22 heavy (non-hydrogen) atoms. The first kappa shape index (κ1) is 15.6. The summed E-state index contributed by atoms with van der Waals surface area (Å²) in [6, 6.07) is 7.03. The zero-order valence-corrected chi connectivity index (χ0v) is 14.0. The highest BCUT2D eigenvalue weighted by molar-refractivity contribution is 8.00. The molecule has 0 saturated heterocycles. The maximum Gasteiger partial charge on any atom is 0.191 e. The second kappa shape index (κ2) is 6.84. The zero-order chi connectivity index (χ0) is 15.5. The molecule has 0 N–H and O–H groups in total. The summed E-state index contributed by atoms with van der Waals surface area (Å²) in [4.78, 5) is 12.5. The number of hydrogen-bond donors (Lipinski definition) is 0. The van der Waals surface area contributed by atoms with E-state index in [9.17, 15) is 4.79 Å². The number of aromatic nitrogens is 3. The largest absolute Gasteiger partial charge is 0.306 e. The predicted octanol–water partition coefficient (Wildman–Crippen LogP) is 4.02. The minimum Gasteiger partial charge on any atom is -0.306 e. The van der Waals surface area contributed by atoms with E-state index in [2.05, 4.69) is 14.8 Å². The second-order valence-corrected chi connectivity index (χ2v) is 7.24. The molecule has 4 nitrogen and oxygen atoms in total. The van der Waals surface area contributed by atoms with Crippen LogP contribution in [0.4, 0.5) is 0 Å². The van der Waals surface area contributed by atoms with E-state index in [-0.39, 0.29) is 11.0 Å². The minimum atomic E-state index is -0.197. The Balaban J connectivity index is 1.74. The van der Waals surface area contributed by atoms with Gasteiger partial charge in [-0.2, -0.15) is 0 Å². The molecular weight excluding hydrogens is 318 g/mol. The maximum atomic E-state index is 12.5. The number of Topliss-reactive ketones (excluding diaryl/α,β-unsaturated/α-hetero) is 1. The number of carbonyl (C=O) groups excluding carboxylic acids is 1. The molecule has 2 aromatic rings. The van der Waals surface area contributed by atoms with Gasteiger partial charge < -0.3 is 4.57 Å². The molecule has 2 heterocycles. The fourth-order valence-corrected chi connectivity index (χ4v) is 3.70. The van der Waals surface area contributed by atoms with Crippen molar-refractivity contribution in [2.75, 3.05) is 0 Å². The predicted molar refractivity (Wildman–Crippen MR) is 88.7 cm³/mol. The molecule has 0 unspecified atom stereocenters. The SMILES string of the molecule is C[C@@H](Sc1nnc2n1CCCCC2)C(=O)c1ccc(Cl)cc1. The monoisotopic (exact) mass is 335 g/mol. The number of thioether (sulfide) groups is 1. The van der Waals surface area contributed by atoms with Crippen LogP contribution >= 0.6 is 23.4 Å². The lowest BCUT2D eigenvalue weighted by Gasteiger charge is -2.11. The molecule has 0 saturated carbocycles. The van der Waals surface area contributed by atoms with Crippen LogP contribution in [0, 0.1) is 0 Å². The minimum absolute atomic E-state index is 0.0904. The molecule has 3 rings (SSSR count). The van der Waals surface area contributed by atoms with Gasteiger partial charge in [0, 0.05) is 23.6 Å². The molecule has 6 heteroatoms. The summed E-state index contributed by atoms with van der Waals surface area (Å²) in [5.74, 6) is 1.14. The fourth-order valence-electron chi connectivity index (χ4n) is 2.61. The standard InChI is InChI=1S/C16H18ClN3OS/c1-11(15(21)12-6-8-13(17)9-7-12)22-16-19-18-14-5-3-2-4-10-20(14)16/h6-9,11H,2-5,10H2,1H3/t11-/m1/s1. The van der Waals surface area contributed by atoms with Gasteiger partial charge in [0.1, 0.15) is 5.82 Å². The molecule has 0 aliphatic carbocycles. The number of benzene rings is 1. The van der Waals surface area contributed by atoms with Gasteiger partial charge in [-0.15, -0.1) is 10.2 Å². The number of hydrogen-bond acceptors (Lipinski definition) is 4. The highest BCUT2D eigenvalue weighted by Gasteiger charge is 2.21. The first-order chi connectivity index (χ1) is 10.6. The van der Waals surface area contributed by atoms with Gasteiger partial charge in [-0.05, 0) is 44.0 Å². The van der Waals surface area contributed by atoms with E-state index in [1.807, 2.05) is 6.92 Å². The smallest absolute Gasteiger partial charge is 0.191 e. The molecule has 0 fully saturated rings. The van der Waals surface area contributed by atoms with Crippen LogP contribution in [0.2, 0.25) is 5.02 Å². The topological polar surface area (TPSA) is 47.8 Å². The Labute approximate surface area is 139 Å². The van der Waals surface area contributed by atoms with Crippen LogP contribution in [-0.4, -0.2) is 25.8 Å². The van der Waals surface area contributed by atoms with E-state index < -0.39 is 0 Å². The molecule has 0 radical (unpaired) electrons. The van der Waals surface area contributed by atoms with Crippen LogP contribution in [0.3, 0.4) is 0 Å². The molecule has 0 spiro atoms. The number of aryl methyl sites for hydroxylation is 1. The molecular formula is C16H18ClN3OS. The maximum absolute atomic E-state index is 12.5. The van der Waals surface area contributed by atoms with Crippen molar-refractivity contribution in [3.05, 3.63) is 40.7 Å². The van der Waals surface area contributed by atoms with Crippen LogP contribution in [0.5, 0.6) is 0 Å². The first-order valence-electron chi connectivity index (χ1n) is 7.53. The number of carbonyl (C=O) groups is 1. The number of nitrogens with zero attached hydrogens (tertiary/aromatic N) is 3. The van der Waals surface area contributed by atoms with Crippen molar-refractivity contribution >= 4 is 29.1 Å². The lowest BCUT2D eigenvalue weighted by Crippen LogP contribution is -2.15. The van der Waals surface area contributed by atoms with E-state index in [1.165, 1.54) is 24.6 Å². The van der Waals surface area contributed by atoms with Gasteiger partial charge in [0.2, 0.25) is 0 Å². The Kier molecular flexibility index (Phi) is 4.84. The van der Waals surface area contributed by atoms with Crippen LogP contribution < -0.4 is 0 Å². The van der Waals surface area contributed by atoms with Crippen LogP contribution in [0.1, 0.15) is 42.4 Å². The van der Waals surface area contributed by atoms with Gasteiger partial charge in [0.15, 0.2) is 10.9 Å². The van der Waals surface area contributed by atoms with Crippen LogP contribution in [-0.2, 0) is 13.0 Å².